The second kappa shape index (κ2) is 5.53. The Hall–Kier alpha value is -1.80. The minimum Gasteiger partial charge on any atom is -0.344 e. The van der Waals surface area contributed by atoms with Crippen molar-refractivity contribution in [1.82, 2.24) is 0 Å². The van der Waals surface area contributed by atoms with E-state index in [0.717, 1.165) is 0 Å². The van der Waals surface area contributed by atoms with Gasteiger partial charge in [-0.15, -0.1) is 0 Å². The molecular formula is C19H23NSi. The van der Waals surface area contributed by atoms with Gasteiger partial charge in [0.05, 0.1) is 0 Å². The van der Waals surface area contributed by atoms with E-state index in [9.17, 15) is 0 Å². The van der Waals surface area contributed by atoms with Crippen molar-refractivity contribution >= 4 is 26.2 Å². The first-order valence-electron chi connectivity index (χ1n) is 7.69. The number of allylic oxidation sites excluding steroid dienone is 1. The highest BCUT2D eigenvalue weighted by molar-refractivity contribution is 6.58. The maximum atomic E-state index is 2.45. The zero-order chi connectivity index (χ0) is 15.0. The lowest BCUT2D eigenvalue weighted by Gasteiger charge is -2.23. The summed E-state index contributed by atoms with van der Waals surface area (Å²) in [6.07, 6.45) is 2.40. The van der Waals surface area contributed by atoms with Crippen LogP contribution >= 0.6 is 0 Å². The van der Waals surface area contributed by atoms with Crippen molar-refractivity contribution in [2.75, 3.05) is 11.9 Å². The number of nitrogens with zero attached hydrogens (tertiary/aromatic N) is 1. The highest BCUT2D eigenvalue weighted by Gasteiger charge is 2.28. The molecule has 108 valence electrons. The van der Waals surface area contributed by atoms with Crippen molar-refractivity contribution in [2.45, 2.75) is 25.6 Å². The van der Waals surface area contributed by atoms with E-state index in [-0.39, 0.29) is 0 Å². The molecule has 0 heterocycles. The van der Waals surface area contributed by atoms with Gasteiger partial charge in [0, 0.05) is 32.8 Å². The van der Waals surface area contributed by atoms with Crippen molar-refractivity contribution in [3.63, 3.8) is 0 Å². The second-order valence-electron chi connectivity index (χ2n) is 6.28. The van der Waals surface area contributed by atoms with E-state index in [1.807, 2.05) is 0 Å². The summed E-state index contributed by atoms with van der Waals surface area (Å²) in [5, 5.41) is 0. The summed E-state index contributed by atoms with van der Waals surface area (Å²) < 4.78 is 0. The third-order valence-electron chi connectivity index (χ3n) is 4.49. The van der Waals surface area contributed by atoms with Gasteiger partial charge in [0.15, 0.2) is 0 Å². The molecule has 0 saturated carbocycles. The van der Waals surface area contributed by atoms with E-state index in [2.05, 4.69) is 86.6 Å². The summed E-state index contributed by atoms with van der Waals surface area (Å²) in [6.45, 7) is 7.19. The Labute approximate surface area is 129 Å². The predicted molar refractivity (Wildman–Crippen MR) is 96.2 cm³/mol. The van der Waals surface area contributed by atoms with Crippen molar-refractivity contribution in [1.29, 1.82) is 0 Å². The Morgan fingerprint density at radius 2 is 1.67 bits per heavy atom. The molecule has 0 N–H and O–H groups in total. The number of rotatable bonds is 3. The number of anilines is 2. The lowest BCUT2D eigenvalue weighted by atomic mass is 10.1. The maximum Gasteiger partial charge on any atom is 0.0484 e. The van der Waals surface area contributed by atoms with Gasteiger partial charge in [0.2, 0.25) is 0 Å². The Morgan fingerprint density at radius 1 is 0.952 bits per heavy atom. The first kappa shape index (κ1) is 14.1. The topological polar surface area (TPSA) is 3.24 Å². The minimum atomic E-state index is -0.730. The molecule has 2 aromatic carbocycles. The molecule has 21 heavy (non-hydrogen) atoms. The van der Waals surface area contributed by atoms with Gasteiger partial charge in [-0.1, -0.05) is 55.1 Å². The first-order valence-corrected chi connectivity index (χ1v) is 10.7. The van der Waals surface area contributed by atoms with Crippen molar-refractivity contribution in [3.8, 4) is 0 Å². The fourth-order valence-electron chi connectivity index (χ4n) is 3.53. The van der Waals surface area contributed by atoms with Crippen molar-refractivity contribution < 1.29 is 0 Å². The molecule has 0 saturated heterocycles. The molecule has 0 amide bonds. The monoisotopic (exact) mass is 293 g/mol. The van der Waals surface area contributed by atoms with E-state index in [1.54, 1.807) is 5.57 Å². The molecule has 1 nitrogen and oxygen atoms in total. The number of hydrogen-bond donors (Lipinski definition) is 0. The van der Waals surface area contributed by atoms with Crippen LogP contribution in [0.15, 0.2) is 54.1 Å². The Kier molecular flexibility index (Phi) is 3.73. The number of fused-ring (bicyclic) bond motifs is 1. The molecule has 2 aromatic rings. The van der Waals surface area contributed by atoms with E-state index in [0.29, 0.717) is 5.54 Å². The maximum absolute atomic E-state index is 2.45. The van der Waals surface area contributed by atoms with Gasteiger partial charge in [0.1, 0.15) is 0 Å². The third kappa shape index (κ3) is 2.44. The fourth-order valence-corrected chi connectivity index (χ4v) is 5.69. The Bertz CT molecular complexity index is 673. The smallest absolute Gasteiger partial charge is 0.0484 e. The van der Waals surface area contributed by atoms with Gasteiger partial charge in [-0.2, -0.15) is 0 Å². The van der Waals surface area contributed by atoms with Gasteiger partial charge in [0.25, 0.3) is 0 Å². The standard InChI is InChI=1S/C19H23NSi/c1-14-13-17-16(19(14)21(3)4)11-8-12-18(17)20(2)15-9-6-5-7-10-15/h5-13,19,21H,1-4H3. The quantitative estimate of drug-likeness (QED) is 0.721. The van der Waals surface area contributed by atoms with Crippen LogP contribution in [0, 0.1) is 0 Å². The van der Waals surface area contributed by atoms with Crippen LogP contribution in [0.1, 0.15) is 23.6 Å². The molecule has 0 aliphatic heterocycles. The molecule has 0 aromatic heterocycles. The lowest BCUT2D eigenvalue weighted by molar-refractivity contribution is 1.10. The van der Waals surface area contributed by atoms with Crippen LogP contribution in [0.4, 0.5) is 11.4 Å². The fraction of sp³-hybridized carbons (Fsp3) is 0.263. The number of benzene rings is 2. The molecule has 0 fully saturated rings. The SMILES string of the molecule is CC1=Cc2c(cccc2N(C)c2ccccc2)C1[SiH](C)C. The van der Waals surface area contributed by atoms with Gasteiger partial charge in [-0.25, -0.2) is 0 Å². The molecular weight excluding hydrogens is 270 g/mol. The van der Waals surface area contributed by atoms with Gasteiger partial charge in [-0.05, 0) is 36.2 Å². The molecule has 1 unspecified atom stereocenters. The van der Waals surface area contributed by atoms with Crippen LogP contribution in [0.2, 0.25) is 13.1 Å². The van der Waals surface area contributed by atoms with Crippen LogP contribution in [0.3, 0.4) is 0 Å². The molecule has 1 atom stereocenters. The molecule has 0 bridgehead atoms. The number of hydrogen-bond acceptors (Lipinski definition) is 1. The van der Waals surface area contributed by atoms with Crippen LogP contribution in [0.5, 0.6) is 0 Å². The molecule has 1 aliphatic carbocycles. The van der Waals surface area contributed by atoms with Crippen LogP contribution in [-0.4, -0.2) is 15.8 Å². The molecule has 0 radical (unpaired) electrons. The Balaban J connectivity index is 2.07. The summed E-state index contributed by atoms with van der Waals surface area (Å²) in [5.74, 6) is 0. The van der Waals surface area contributed by atoms with E-state index in [4.69, 9.17) is 0 Å². The largest absolute Gasteiger partial charge is 0.344 e. The Morgan fingerprint density at radius 3 is 2.33 bits per heavy atom. The first-order chi connectivity index (χ1) is 10.1. The summed E-state index contributed by atoms with van der Waals surface area (Å²) in [4.78, 5) is 2.30. The summed E-state index contributed by atoms with van der Waals surface area (Å²) in [5.41, 5.74) is 7.75. The molecule has 0 spiro atoms. The lowest BCUT2D eigenvalue weighted by Crippen LogP contribution is -2.16. The highest BCUT2D eigenvalue weighted by Crippen LogP contribution is 2.42. The number of para-hydroxylation sites is 1. The van der Waals surface area contributed by atoms with Crippen LogP contribution < -0.4 is 4.90 Å². The molecule has 1 aliphatic rings. The molecule has 2 heteroatoms. The molecule has 3 rings (SSSR count). The van der Waals surface area contributed by atoms with E-state index in [1.165, 1.54) is 22.5 Å². The van der Waals surface area contributed by atoms with Crippen LogP contribution in [-0.2, 0) is 0 Å². The average Bonchev–Trinajstić information content (AvgIpc) is 2.83. The van der Waals surface area contributed by atoms with Gasteiger partial charge >= 0.3 is 0 Å². The summed E-state index contributed by atoms with van der Waals surface area (Å²) >= 11 is 0. The van der Waals surface area contributed by atoms with Crippen LogP contribution in [0.25, 0.3) is 6.08 Å². The van der Waals surface area contributed by atoms with Gasteiger partial charge in [-0.3, -0.25) is 0 Å². The summed E-state index contributed by atoms with van der Waals surface area (Å²) in [6, 6.07) is 17.4. The van der Waals surface area contributed by atoms with E-state index < -0.39 is 8.80 Å². The third-order valence-corrected chi connectivity index (χ3v) is 6.70. The van der Waals surface area contributed by atoms with Crippen molar-refractivity contribution in [3.05, 3.63) is 65.2 Å². The highest BCUT2D eigenvalue weighted by atomic mass is 28.3. The predicted octanol–water partition coefficient (Wildman–Crippen LogP) is 4.98. The normalized spacial score (nSPS) is 16.8. The van der Waals surface area contributed by atoms with Gasteiger partial charge < -0.3 is 4.90 Å². The zero-order valence-electron chi connectivity index (χ0n) is 13.3. The average molecular weight is 293 g/mol. The zero-order valence-corrected chi connectivity index (χ0v) is 14.5. The van der Waals surface area contributed by atoms with E-state index >= 15 is 0 Å². The minimum absolute atomic E-state index is 0.698. The van der Waals surface area contributed by atoms with Crippen molar-refractivity contribution in [2.24, 2.45) is 0 Å². The summed E-state index contributed by atoms with van der Waals surface area (Å²) in [7, 11) is 1.43. The second-order valence-corrected chi connectivity index (χ2v) is 9.44.